The van der Waals surface area contributed by atoms with Gasteiger partial charge in [-0.25, -0.2) is 8.42 Å². The summed E-state index contributed by atoms with van der Waals surface area (Å²) < 4.78 is 32.2. The summed E-state index contributed by atoms with van der Waals surface area (Å²) in [6.07, 6.45) is 0. The third-order valence-electron chi connectivity index (χ3n) is 2.97. The lowest BCUT2D eigenvalue weighted by molar-refractivity contribution is 0.101. The average molecular weight is 340 g/mol. The maximum Gasteiger partial charge on any atom is 0.261 e. The van der Waals surface area contributed by atoms with Crippen molar-refractivity contribution in [3.8, 4) is 5.75 Å². The van der Waals surface area contributed by atoms with E-state index in [1.54, 1.807) is 12.1 Å². The van der Waals surface area contributed by atoms with Gasteiger partial charge in [0.15, 0.2) is 5.78 Å². The molecule has 116 valence electrons. The van der Waals surface area contributed by atoms with Gasteiger partial charge >= 0.3 is 0 Å². The predicted molar refractivity (Wildman–Crippen MR) is 85.3 cm³/mol. The molecule has 0 spiro atoms. The normalized spacial score (nSPS) is 11.0. The van der Waals surface area contributed by atoms with E-state index in [9.17, 15) is 13.2 Å². The highest BCUT2D eigenvalue weighted by molar-refractivity contribution is 7.92. The zero-order valence-electron chi connectivity index (χ0n) is 12.0. The van der Waals surface area contributed by atoms with Gasteiger partial charge in [-0.1, -0.05) is 23.7 Å². The third kappa shape index (κ3) is 3.58. The monoisotopic (exact) mass is 339 g/mol. The Morgan fingerprint density at radius 2 is 1.91 bits per heavy atom. The number of carbonyl (C=O) groups is 1. The smallest absolute Gasteiger partial charge is 0.261 e. The Morgan fingerprint density at radius 3 is 2.55 bits per heavy atom. The first kappa shape index (κ1) is 16.3. The standard InChI is InChI=1S/C15H14ClNO4S/c1-10(18)11-4-3-5-13(8-11)22(19,20)17-15-9-12(21-2)6-7-14(15)16/h3-9,17H,1-2H3. The molecule has 1 N–H and O–H groups in total. The van der Waals surface area contributed by atoms with Crippen LogP contribution in [0, 0.1) is 0 Å². The summed E-state index contributed by atoms with van der Waals surface area (Å²) in [6.45, 7) is 1.37. The number of ether oxygens (including phenoxy) is 1. The van der Waals surface area contributed by atoms with Crippen LogP contribution in [-0.2, 0) is 10.0 Å². The van der Waals surface area contributed by atoms with Crippen molar-refractivity contribution in [3.63, 3.8) is 0 Å². The lowest BCUT2D eigenvalue weighted by atomic mass is 10.2. The number of methoxy groups -OCH3 is 1. The second-order valence-electron chi connectivity index (χ2n) is 4.54. The molecule has 5 nitrogen and oxygen atoms in total. The Hall–Kier alpha value is -2.05. The van der Waals surface area contributed by atoms with Crippen LogP contribution in [0.5, 0.6) is 5.75 Å². The van der Waals surface area contributed by atoms with Crippen molar-refractivity contribution in [2.45, 2.75) is 11.8 Å². The van der Waals surface area contributed by atoms with Crippen LogP contribution in [0.4, 0.5) is 5.69 Å². The summed E-state index contributed by atoms with van der Waals surface area (Å²) in [4.78, 5) is 11.4. The highest BCUT2D eigenvalue weighted by Crippen LogP contribution is 2.28. The summed E-state index contributed by atoms with van der Waals surface area (Å²) in [7, 11) is -2.39. The number of halogens is 1. The molecule has 0 bridgehead atoms. The Labute approximate surface area is 133 Å². The van der Waals surface area contributed by atoms with Crippen molar-refractivity contribution in [3.05, 3.63) is 53.1 Å². The van der Waals surface area contributed by atoms with Gasteiger partial charge in [0.1, 0.15) is 5.75 Å². The summed E-state index contributed by atoms with van der Waals surface area (Å²) in [5, 5.41) is 0.243. The number of Topliss-reactive ketones (excluding diaryl/α,β-unsaturated/α-hetero) is 1. The van der Waals surface area contributed by atoms with Gasteiger partial charge < -0.3 is 4.74 Å². The van der Waals surface area contributed by atoms with E-state index in [-0.39, 0.29) is 21.4 Å². The van der Waals surface area contributed by atoms with E-state index in [0.29, 0.717) is 11.3 Å². The second-order valence-corrected chi connectivity index (χ2v) is 6.62. The number of benzene rings is 2. The Bertz CT molecular complexity index is 818. The number of hydrogen-bond acceptors (Lipinski definition) is 4. The fourth-order valence-corrected chi connectivity index (χ4v) is 3.13. The number of ketones is 1. The van der Waals surface area contributed by atoms with E-state index < -0.39 is 10.0 Å². The SMILES string of the molecule is COc1ccc(Cl)c(NS(=O)(=O)c2cccc(C(C)=O)c2)c1. The molecular formula is C15H14ClNO4S. The van der Waals surface area contributed by atoms with Crippen LogP contribution in [0.15, 0.2) is 47.4 Å². The molecule has 2 aromatic rings. The molecular weight excluding hydrogens is 326 g/mol. The van der Waals surface area contributed by atoms with Gasteiger partial charge in [0.2, 0.25) is 0 Å². The van der Waals surface area contributed by atoms with Crippen LogP contribution in [0.2, 0.25) is 5.02 Å². The zero-order valence-corrected chi connectivity index (χ0v) is 13.5. The summed E-state index contributed by atoms with van der Waals surface area (Å²) >= 11 is 5.99. The van der Waals surface area contributed by atoms with Crippen LogP contribution >= 0.6 is 11.6 Å². The van der Waals surface area contributed by atoms with E-state index >= 15 is 0 Å². The highest BCUT2D eigenvalue weighted by Gasteiger charge is 2.17. The Morgan fingerprint density at radius 1 is 1.18 bits per heavy atom. The van der Waals surface area contributed by atoms with E-state index in [4.69, 9.17) is 16.3 Å². The molecule has 0 aliphatic heterocycles. The predicted octanol–water partition coefficient (Wildman–Crippen LogP) is 3.35. The van der Waals surface area contributed by atoms with Crippen molar-refractivity contribution < 1.29 is 17.9 Å². The van der Waals surface area contributed by atoms with Crippen molar-refractivity contribution in [2.75, 3.05) is 11.8 Å². The highest BCUT2D eigenvalue weighted by atomic mass is 35.5. The number of nitrogens with one attached hydrogen (secondary N) is 1. The molecule has 0 aliphatic carbocycles. The Balaban J connectivity index is 2.40. The first-order chi connectivity index (χ1) is 10.3. The molecule has 22 heavy (non-hydrogen) atoms. The van der Waals surface area contributed by atoms with Gasteiger partial charge in [0, 0.05) is 11.6 Å². The van der Waals surface area contributed by atoms with E-state index in [2.05, 4.69) is 4.72 Å². The molecule has 0 aromatic heterocycles. The van der Waals surface area contributed by atoms with Crippen LogP contribution in [-0.4, -0.2) is 21.3 Å². The molecule has 0 unspecified atom stereocenters. The summed E-state index contributed by atoms with van der Waals surface area (Å²) in [5.41, 5.74) is 0.522. The van der Waals surface area contributed by atoms with Crippen LogP contribution < -0.4 is 9.46 Å². The molecule has 0 saturated heterocycles. The fourth-order valence-electron chi connectivity index (χ4n) is 1.80. The molecule has 0 atom stereocenters. The number of carbonyl (C=O) groups excluding carboxylic acids is 1. The van der Waals surface area contributed by atoms with Gasteiger partial charge in [-0.2, -0.15) is 0 Å². The first-order valence-electron chi connectivity index (χ1n) is 6.31. The fraction of sp³-hybridized carbons (Fsp3) is 0.133. The number of hydrogen-bond donors (Lipinski definition) is 1. The molecule has 0 aliphatic rings. The number of rotatable bonds is 5. The maximum absolute atomic E-state index is 12.4. The maximum atomic E-state index is 12.4. The zero-order chi connectivity index (χ0) is 16.3. The number of sulfonamides is 1. The third-order valence-corrected chi connectivity index (χ3v) is 4.66. The van der Waals surface area contributed by atoms with Gasteiger partial charge in [-0.3, -0.25) is 9.52 Å². The molecule has 0 saturated carbocycles. The van der Waals surface area contributed by atoms with Crippen molar-refractivity contribution in [2.24, 2.45) is 0 Å². The molecule has 7 heteroatoms. The topological polar surface area (TPSA) is 72.5 Å². The molecule has 2 rings (SSSR count). The molecule has 0 amide bonds. The minimum Gasteiger partial charge on any atom is -0.497 e. The van der Waals surface area contributed by atoms with Crippen molar-refractivity contribution >= 4 is 33.1 Å². The molecule has 2 aromatic carbocycles. The largest absolute Gasteiger partial charge is 0.497 e. The summed E-state index contributed by atoms with van der Waals surface area (Å²) in [5.74, 6) is 0.260. The lowest BCUT2D eigenvalue weighted by Crippen LogP contribution is -2.14. The van der Waals surface area contributed by atoms with Crippen LogP contribution in [0.25, 0.3) is 0 Å². The number of anilines is 1. The van der Waals surface area contributed by atoms with E-state index in [0.717, 1.165) is 0 Å². The molecule has 0 fully saturated rings. The minimum atomic E-state index is -3.86. The minimum absolute atomic E-state index is 0.0147. The van der Waals surface area contributed by atoms with Gasteiger partial charge in [-0.15, -0.1) is 0 Å². The summed E-state index contributed by atoms with van der Waals surface area (Å²) in [6, 6.07) is 10.4. The van der Waals surface area contributed by atoms with Crippen LogP contribution in [0.1, 0.15) is 17.3 Å². The van der Waals surface area contributed by atoms with Gasteiger partial charge in [-0.05, 0) is 31.2 Å². The van der Waals surface area contributed by atoms with Gasteiger partial charge in [0.05, 0.1) is 22.7 Å². The molecule has 0 radical (unpaired) electrons. The lowest BCUT2D eigenvalue weighted by Gasteiger charge is -2.11. The second kappa shape index (κ2) is 6.37. The first-order valence-corrected chi connectivity index (χ1v) is 8.17. The van der Waals surface area contributed by atoms with Crippen molar-refractivity contribution in [1.29, 1.82) is 0 Å². The van der Waals surface area contributed by atoms with Crippen LogP contribution in [0.3, 0.4) is 0 Å². The van der Waals surface area contributed by atoms with Gasteiger partial charge in [0.25, 0.3) is 10.0 Å². The quantitative estimate of drug-likeness (QED) is 0.848. The average Bonchev–Trinajstić information content (AvgIpc) is 2.49. The Kier molecular flexibility index (Phi) is 4.73. The van der Waals surface area contributed by atoms with Crippen molar-refractivity contribution in [1.82, 2.24) is 0 Å². The van der Waals surface area contributed by atoms with E-state index in [1.165, 1.54) is 44.4 Å². The molecule has 0 heterocycles. The van der Waals surface area contributed by atoms with E-state index in [1.807, 2.05) is 0 Å².